The molecule has 3 aromatic rings. The van der Waals surface area contributed by atoms with Crippen LogP contribution in [0.25, 0.3) is 10.2 Å². The number of thiazole rings is 1. The molecule has 168 valence electrons. The maximum Gasteiger partial charge on any atom is 0.327 e. The summed E-state index contributed by atoms with van der Waals surface area (Å²) in [7, 11) is 1.74. The summed E-state index contributed by atoms with van der Waals surface area (Å²) in [5.41, 5.74) is 4.72. The van der Waals surface area contributed by atoms with Crippen molar-refractivity contribution in [3.8, 4) is 6.07 Å². The van der Waals surface area contributed by atoms with Gasteiger partial charge in [-0.25, -0.2) is 9.78 Å². The molecule has 2 saturated heterocycles. The highest BCUT2D eigenvalue weighted by Gasteiger charge is 2.56. The zero-order valence-corrected chi connectivity index (χ0v) is 19.5. The van der Waals surface area contributed by atoms with Gasteiger partial charge in [0.05, 0.1) is 33.9 Å². The van der Waals surface area contributed by atoms with Crippen LogP contribution >= 0.6 is 11.3 Å². The second-order valence-electron chi connectivity index (χ2n) is 8.86. The monoisotopic (exact) mass is 459 g/mol. The number of piperidine rings is 1. The van der Waals surface area contributed by atoms with Crippen molar-refractivity contribution in [2.24, 2.45) is 0 Å². The van der Waals surface area contributed by atoms with Crippen molar-refractivity contribution in [2.75, 3.05) is 20.1 Å². The zero-order valence-electron chi connectivity index (χ0n) is 18.7. The molecule has 3 heterocycles. The number of hydrogen-bond donors (Lipinski definition) is 0. The van der Waals surface area contributed by atoms with E-state index in [1.54, 1.807) is 47.5 Å². The van der Waals surface area contributed by atoms with Gasteiger partial charge in [0.1, 0.15) is 5.54 Å². The summed E-state index contributed by atoms with van der Waals surface area (Å²) in [6, 6.07) is 15.5. The number of amides is 3. The molecule has 2 fully saturated rings. The van der Waals surface area contributed by atoms with Crippen molar-refractivity contribution < 1.29 is 9.59 Å². The first-order chi connectivity index (χ1) is 15.9. The molecule has 0 unspecified atom stereocenters. The molecule has 2 aliphatic heterocycles. The Morgan fingerprint density at radius 1 is 1.15 bits per heavy atom. The maximum absolute atomic E-state index is 13.5. The Morgan fingerprint density at radius 3 is 2.58 bits per heavy atom. The summed E-state index contributed by atoms with van der Waals surface area (Å²) in [6.45, 7) is 3.89. The fraction of sp³-hybridized carbons (Fsp3) is 0.360. The second-order valence-corrected chi connectivity index (χ2v) is 9.75. The number of likely N-dealkylation sites (N-methyl/N-ethyl adjacent to an activating group) is 1. The molecule has 1 atom stereocenters. The summed E-state index contributed by atoms with van der Waals surface area (Å²) in [5.74, 6) is -0.115. The average molecular weight is 460 g/mol. The van der Waals surface area contributed by atoms with Gasteiger partial charge in [0.25, 0.3) is 5.91 Å². The quantitative estimate of drug-likeness (QED) is 0.548. The normalized spacial score (nSPS) is 19.4. The topological polar surface area (TPSA) is 80.5 Å². The van der Waals surface area contributed by atoms with E-state index in [0.29, 0.717) is 18.4 Å². The number of nitriles is 1. The predicted molar refractivity (Wildman–Crippen MR) is 126 cm³/mol. The summed E-state index contributed by atoms with van der Waals surface area (Å²) in [5, 5.41) is 8.99. The lowest BCUT2D eigenvalue weighted by Crippen LogP contribution is -2.55. The van der Waals surface area contributed by atoms with Crippen molar-refractivity contribution in [3.63, 3.8) is 0 Å². The number of carbonyl (C=O) groups excluding carboxylic acids is 2. The van der Waals surface area contributed by atoms with Gasteiger partial charge in [-0.1, -0.05) is 18.2 Å². The van der Waals surface area contributed by atoms with Crippen LogP contribution in [0.3, 0.4) is 0 Å². The van der Waals surface area contributed by atoms with E-state index in [4.69, 9.17) is 5.26 Å². The second kappa shape index (κ2) is 8.25. The molecular weight excluding hydrogens is 434 g/mol. The number of hydrogen-bond acceptors (Lipinski definition) is 6. The van der Waals surface area contributed by atoms with Gasteiger partial charge in [-0.15, -0.1) is 11.3 Å². The Bertz CT molecular complexity index is 1250. The molecule has 0 radical (unpaired) electrons. The van der Waals surface area contributed by atoms with E-state index in [9.17, 15) is 9.59 Å². The van der Waals surface area contributed by atoms with Crippen molar-refractivity contribution >= 4 is 33.5 Å². The van der Waals surface area contributed by atoms with E-state index in [2.05, 4.69) is 41.1 Å². The largest absolute Gasteiger partial charge is 0.327 e. The highest BCUT2D eigenvalue weighted by Crippen LogP contribution is 2.39. The van der Waals surface area contributed by atoms with Crippen molar-refractivity contribution in [1.29, 1.82) is 5.26 Å². The lowest BCUT2D eigenvalue weighted by atomic mass is 9.85. The molecule has 1 aromatic heterocycles. The summed E-state index contributed by atoms with van der Waals surface area (Å²) < 4.78 is 1.18. The third kappa shape index (κ3) is 3.58. The molecule has 0 bridgehead atoms. The van der Waals surface area contributed by atoms with Gasteiger partial charge < -0.3 is 4.90 Å². The predicted octanol–water partition coefficient (Wildman–Crippen LogP) is 4.16. The third-order valence-corrected chi connectivity index (χ3v) is 8.05. The molecule has 1 spiro atoms. The van der Waals surface area contributed by atoms with E-state index in [1.165, 1.54) is 15.2 Å². The van der Waals surface area contributed by atoms with Crippen LogP contribution in [-0.4, -0.2) is 57.3 Å². The number of likely N-dealkylation sites (tertiary alicyclic amines) is 1. The molecule has 2 aliphatic rings. The van der Waals surface area contributed by atoms with Crippen LogP contribution in [-0.2, 0) is 11.3 Å². The van der Waals surface area contributed by atoms with E-state index < -0.39 is 5.54 Å². The van der Waals surface area contributed by atoms with Gasteiger partial charge in [-0.2, -0.15) is 5.26 Å². The lowest BCUT2D eigenvalue weighted by Gasteiger charge is -2.43. The van der Waals surface area contributed by atoms with Crippen LogP contribution in [0.5, 0.6) is 0 Å². The Balaban J connectivity index is 1.30. The van der Waals surface area contributed by atoms with Crippen molar-refractivity contribution in [3.05, 3.63) is 64.7 Å². The number of imide groups is 1. The summed E-state index contributed by atoms with van der Waals surface area (Å²) in [4.78, 5) is 36.3. The summed E-state index contributed by atoms with van der Waals surface area (Å²) >= 11 is 1.64. The number of benzene rings is 2. The lowest BCUT2D eigenvalue weighted by molar-refractivity contribution is -0.135. The van der Waals surface area contributed by atoms with Crippen LogP contribution in [0.2, 0.25) is 0 Å². The van der Waals surface area contributed by atoms with Crippen molar-refractivity contribution in [1.82, 2.24) is 19.7 Å². The van der Waals surface area contributed by atoms with Gasteiger partial charge in [-0.05, 0) is 55.2 Å². The minimum absolute atomic E-state index is 0.115. The smallest absolute Gasteiger partial charge is 0.312 e. The standard InChI is InChI=1S/C25H25N5O2S/c1-17(20-7-8-22-21(13-20)27-16-33-22)29-11-9-25(10-12-29)23(31)30(24(32)28(25)2)15-19-5-3-18(14-26)4-6-19/h3-8,13,16-17H,9-12,15H2,1-2H3/t17-/m0/s1. The number of aromatic nitrogens is 1. The first-order valence-corrected chi connectivity index (χ1v) is 12.0. The molecule has 3 amide bonds. The Morgan fingerprint density at radius 2 is 1.88 bits per heavy atom. The Hall–Kier alpha value is -3.28. The fourth-order valence-electron chi connectivity index (χ4n) is 5.03. The number of nitrogens with zero attached hydrogens (tertiary/aromatic N) is 5. The SMILES string of the molecule is C[C@@H](c1ccc2scnc2c1)N1CCC2(CC1)C(=O)N(Cc1ccc(C#N)cc1)C(=O)N2C. The molecule has 2 aromatic carbocycles. The highest BCUT2D eigenvalue weighted by molar-refractivity contribution is 7.16. The van der Waals surface area contributed by atoms with Gasteiger partial charge in [0.15, 0.2) is 0 Å². The first kappa shape index (κ1) is 21.6. The summed E-state index contributed by atoms with van der Waals surface area (Å²) in [6.07, 6.45) is 1.22. The van der Waals surface area contributed by atoms with Crippen molar-refractivity contribution in [2.45, 2.75) is 37.9 Å². The number of rotatable bonds is 4. The molecule has 0 N–H and O–H groups in total. The third-order valence-electron chi connectivity index (χ3n) is 7.24. The van der Waals surface area contributed by atoms with E-state index in [1.807, 2.05) is 5.51 Å². The van der Waals surface area contributed by atoms with Gasteiger partial charge in [0, 0.05) is 26.2 Å². The fourth-order valence-corrected chi connectivity index (χ4v) is 5.69. The van der Waals surface area contributed by atoms with E-state index in [-0.39, 0.29) is 24.5 Å². The molecule has 0 saturated carbocycles. The molecule has 5 rings (SSSR count). The molecule has 0 aliphatic carbocycles. The molecular formula is C25H25N5O2S. The van der Waals surface area contributed by atoms with Crippen LogP contribution in [0.4, 0.5) is 4.79 Å². The van der Waals surface area contributed by atoms with Crippen LogP contribution in [0.1, 0.15) is 42.5 Å². The minimum atomic E-state index is -0.779. The number of carbonyl (C=O) groups is 2. The van der Waals surface area contributed by atoms with E-state index in [0.717, 1.165) is 24.2 Å². The Kier molecular flexibility index (Phi) is 5.39. The van der Waals surface area contributed by atoms with Crippen LogP contribution in [0, 0.1) is 11.3 Å². The van der Waals surface area contributed by atoms with Crippen LogP contribution < -0.4 is 0 Å². The number of urea groups is 1. The first-order valence-electron chi connectivity index (χ1n) is 11.1. The Labute approximate surface area is 196 Å². The highest BCUT2D eigenvalue weighted by atomic mass is 32.1. The zero-order chi connectivity index (χ0) is 23.2. The van der Waals surface area contributed by atoms with Gasteiger partial charge in [-0.3, -0.25) is 14.6 Å². The maximum atomic E-state index is 13.5. The molecule has 8 heteroatoms. The number of fused-ring (bicyclic) bond motifs is 1. The van der Waals surface area contributed by atoms with Gasteiger partial charge >= 0.3 is 6.03 Å². The van der Waals surface area contributed by atoms with Crippen LogP contribution in [0.15, 0.2) is 48.0 Å². The van der Waals surface area contributed by atoms with E-state index >= 15 is 0 Å². The molecule has 33 heavy (non-hydrogen) atoms. The van der Waals surface area contributed by atoms with Gasteiger partial charge in [0.2, 0.25) is 0 Å². The average Bonchev–Trinajstić information content (AvgIpc) is 3.39. The minimum Gasteiger partial charge on any atom is -0.312 e. The molecule has 7 nitrogen and oxygen atoms in total.